The second-order valence-corrected chi connectivity index (χ2v) is 8.36. The molecule has 0 radical (unpaired) electrons. The van der Waals surface area contributed by atoms with E-state index in [1.54, 1.807) is 6.07 Å². The predicted molar refractivity (Wildman–Crippen MR) is 145 cm³/mol. The quantitative estimate of drug-likeness (QED) is 0.230. The minimum absolute atomic E-state index is 0.100. The van der Waals surface area contributed by atoms with E-state index in [0.717, 1.165) is 28.3 Å². The highest BCUT2D eigenvalue weighted by Gasteiger charge is 2.38. The molecule has 0 aliphatic rings. The third kappa shape index (κ3) is 6.61. The second kappa shape index (κ2) is 11.5. The van der Waals surface area contributed by atoms with Crippen LogP contribution in [0.2, 0.25) is 0 Å². The fraction of sp³-hybridized carbons (Fsp3) is 0.0690. The smallest absolute Gasteiger partial charge is 0.475 e. The molecule has 2 aromatic heterocycles. The Kier molecular flexibility index (Phi) is 7.95. The summed E-state index contributed by atoms with van der Waals surface area (Å²) in [5.74, 6) is -1.52. The van der Waals surface area contributed by atoms with Crippen molar-refractivity contribution in [1.82, 2.24) is 9.55 Å². The summed E-state index contributed by atoms with van der Waals surface area (Å²) in [6, 6.07) is 33.2. The van der Waals surface area contributed by atoms with Crippen molar-refractivity contribution in [2.75, 3.05) is 10.6 Å². The van der Waals surface area contributed by atoms with Crippen molar-refractivity contribution in [3.05, 3.63) is 119 Å². The fourth-order valence-electron chi connectivity index (χ4n) is 3.83. The first-order valence-corrected chi connectivity index (χ1v) is 11.7. The first-order valence-electron chi connectivity index (χ1n) is 11.7. The average molecular weight is 533 g/mol. The van der Waals surface area contributed by atoms with E-state index in [1.807, 2.05) is 104 Å². The van der Waals surface area contributed by atoms with Gasteiger partial charge in [0.1, 0.15) is 11.6 Å². The van der Waals surface area contributed by atoms with Gasteiger partial charge in [-0.15, -0.1) is 0 Å². The van der Waals surface area contributed by atoms with Crippen LogP contribution in [0.3, 0.4) is 0 Å². The number of carboxylic acids is 1. The molecule has 0 unspecified atom stereocenters. The van der Waals surface area contributed by atoms with Crippen molar-refractivity contribution < 1.29 is 23.1 Å². The van der Waals surface area contributed by atoms with Crippen molar-refractivity contribution in [3.8, 4) is 5.69 Å². The molecule has 198 valence electrons. The van der Waals surface area contributed by atoms with E-state index < -0.39 is 12.1 Å². The maximum Gasteiger partial charge on any atom is 0.490 e. The van der Waals surface area contributed by atoms with Gasteiger partial charge in [-0.2, -0.15) is 13.2 Å². The Balaban J connectivity index is 0.000000448. The molecule has 0 fully saturated rings. The number of hydrogen-bond acceptors (Lipinski definition) is 5. The molecule has 0 aliphatic carbocycles. The van der Waals surface area contributed by atoms with Crippen LogP contribution >= 0.6 is 0 Å². The molecule has 0 amide bonds. The Morgan fingerprint density at radius 1 is 0.821 bits per heavy atom. The van der Waals surface area contributed by atoms with Crippen LogP contribution in [0.5, 0.6) is 0 Å². The molecule has 2 heterocycles. The molecule has 0 saturated heterocycles. The minimum Gasteiger partial charge on any atom is -0.475 e. The van der Waals surface area contributed by atoms with Gasteiger partial charge in [0.05, 0.1) is 10.9 Å². The second-order valence-electron chi connectivity index (χ2n) is 8.36. The van der Waals surface area contributed by atoms with Crippen LogP contribution in [-0.4, -0.2) is 26.8 Å². The zero-order valence-corrected chi connectivity index (χ0v) is 20.6. The molecule has 5 rings (SSSR count). The number of carbonyl (C=O) groups is 1. The third-order valence-electron chi connectivity index (χ3n) is 5.46. The summed E-state index contributed by atoms with van der Waals surface area (Å²) in [6.07, 6.45) is -5.08. The molecule has 0 aliphatic heterocycles. The number of halogens is 3. The van der Waals surface area contributed by atoms with E-state index in [2.05, 4.69) is 20.2 Å². The highest BCUT2D eigenvalue weighted by atomic mass is 19.4. The molecule has 0 atom stereocenters. The number of nitrogens with zero attached hydrogens (tertiary/aromatic N) is 2. The number of fused-ring (bicyclic) bond motifs is 1. The first kappa shape index (κ1) is 26.9. The number of hydrogen-bond donors (Lipinski definition) is 3. The van der Waals surface area contributed by atoms with E-state index in [0.29, 0.717) is 17.0 Å². The summed E-state index contributed by atoms with van der Waals surface area (Å²) >= 11 is 0. The molecule has 10 heteroatoms. The number of aliphatic carboxylic acids is 1. The number of aromatic nitrogens is 2. The highest BCUT2D eigenvalue weighted by molar-refractivity contribution is 5.94. The summed E-state index contributed by atoms with van der Waals surface area (Å²) in [7, 11) is 0. The van der Waals surface area contributed by atoms with Gasteiger partial charge in [-0.05, 0) is 49.4 Å². The number of nitrogens with one attached hydrogen (secondary N) is 2. The zero-order valence-electron chi connectivity index (χ0n) is 20.6. The number of aryl methyl sites for hydroxylation is 1. The van der Waals surface area contributed by atoms with E-state index >= 15 is 0 Å². The monoisotopic (exact) mass is 532 g/mol. The van der Waals surface area contributed by atoms with Gasteiger partial charge in [0.2, 0.25) is 0 Å². The summed E-state index contributed by atoms with van der Waals surface area (Å²) in [5.41, 5.74) is 4.24. The van der Waals surface area contributed by atoms with Gasteiger partial charge >= 0.3 is 12.1 Å². The van der Waals surface area contributed by atoms with Crippen LogP contribution in [0.1, 0.15) is 5.69 Å². The van der Waals surface area contributed by atoms with E-state index in [9.17, 15) is 18.0 Å². The van der Waals surface area contributed by atoms with Crippen LogP contribution in [0, 0.1) is 6.92 Å². The van der Waals surface area contributed by atoms with Gasteiger partial charge in [-0.1, -0.05) is 54.6 Å². The van der Waals surface area contributed by atoms with Crippen LogP contribution < -0.4 is 16.1 Å². The number of anilines is 4. The van der Waals surface area contributed by atoms with Gasteiger partial charge in [-0.25, -0.2) is 9.78 Å². The number of carboxylic acid groups (broad SMARTS) is 1. The Labute approximate surface area is 221 Å². The molecular weight excluding hydrogens is 509 g/mol. The van der Waals surface area contributed by atoms with Gasteiger partial charge in [0.25, 0.3) is 0 Å². The van der Waals surface area contributed by atoms with E-state index in [-0.39, 0.29) is 5.43 Å². The lowest BCUT2D eigenvalue weighted by molar-refractivity contribution is -0.192. The number of para-hydroxylation sites is 3. The van der Waals surface area contributed by atoms with Gasteiger partial charge in [0, 0.05) is 28.8 Å². The van der Waals surface area contributed by atoms with Gasteiger partial charge in [-0.3, -0.25) is 9.36 Å². The lowest BCUT2D eigenvalue weighted by atomic mass is 10.1. The number of rotatable bonds is 5. The summed E-state index contributed by atoms with van der Waals surface area (Å²) in [5, 5.41) is 14.4. The molecule has 3 aromatic carbocycles. The Bertz CT molecular complexity index is 1640. The molecular formula is C29H23F3N4O3. The lowest BCUT2D eigenvalue weighted by Gasteiger charge is -2.20. The zero-order chi connectivity index (χ0) is 28.0. The number of alkyl halides is 3. The number of pyridine rings is 2. The normalized spacial score (nSPS) is 10.9. The number of benzene rings is 3. The van der Waals surface area contributed by atoms with Gasteiger partial charge in [0.15, 0.2) is 5.43 Å². The van der Waals surface area contributed by atoms with E-state index in [1.165, 1.54) is 0 Å². The van der Waals surface area contributed by atoms with Crippen LogP contribution in [0.4, 0.5) is 36.2 Å². The largest absolute Gasteiger partial charge is 0.490 e. The van der Waals surface area contributed by atoms with Crippen molar-refractivity contribution in [3.63, 3.8) is 0 Å². The molecule has 0 bridgehead atoms. The van der Waals surface area contributed by atoms with Crippen molar-refractivity contribution >= 4 is 39.9 Å². The maximum atomic E-state index is 13.4. The fourth-order valence-corrected chi connectivity index (χ4v) is 3.83. The molecule has 0 saturated carbocycles. The van der Waals surface area contributed by atoms with Gasteiger partial charge < -0.3 is 15.7 Å². The SMILES string of the molecule is Cc1cc2c(c(Nc3ccccc3)n1)c(=O)cc(Nc1ccccc1)n2-c1ccccc1.O=C(O)C(F)(F)F. The average Bonchev–Trinajstić information content (AvgIpc) is 2.90. The molecule has 5 aromatic rings. The highest BCUT2D eigenvalue weighted by Crippen LogP contribution is 2.29. The van der Waals surface area contributed by atoms with Crippen molar-refractivity contribution in [2.45, 2.75) is 13.1 Å². The minimum atomic E-state index is -5.08. The Hall–Kier alpha value is -5.12. The lowest BCUT2D eigenvalue weighted by Crippen LogP contribution is -2.21. The third-order valence-corrected chi connectivity index (χ3v) is 5.46. The Morgan fingerprint density at radius 3 is 1.82 bits per heavy atom. The van der Waals surface area contributed by atoms with Crippen LogP contribution in [0.25, 0.3) is 16.6 Å². The topological polar surface area (TPSA) is 96.3 Å². The van der Waals surface area contributed by atoms with Crippen molar-refractivity contribution in [1.29, 1.82) is 0 Å². The summed E-state index contributed by atoms with van der Waals surface area (Å²) < 4.78 is 33.8. The molecule has 3 N–H and O–H groups in total. The van der Waals surface area contributed by atoms with Crippen molar-refractivity contribution in [2.24, 2.45) is 0 Å². The van der Waals surface area contributed by atoms with Crippen LogP contribution in [-0.2, 0) is 4.79 Å². The summed E-state index contributed by atoms with van der Waals surface area (Å²) in [6.45, 7) is 1.94. The Morgan fingerprint density at radius 2 is 1.31 bits per heavy atom. The van der Waals surface area contributed by atoms with Crippen LogP contribution in [0.15, 0.2) is 108 Å². The molecule has 39 heavy (non-hydrogen) atoms. The standard InChI is InChI=1S/C27H22N4O.C2HF3O2/c1-19-17-23-26(27(28-19)30-21-13-7-3-8-14-21)24(32)18-25(29-20-11-5-2-6-12-20)31(23)22-15-9-4-10-16-22;3-2(4,5)1(6)7/h2-18,29H,1H3,(H,28,30);(H,6,7). The maximum absolute atomic E-state index is 13.4. The first-order chi connectivity index (χ1) is 18.6. The summed E-state index contributed by atoms with van der Waals surface area (Å²) in [4.78, 5) is 26.9. The van der Waals surface area contributed by atoms with E-state index in [4.69, 9.17) is 9.90 Å². The molecule has 7 nitrogen and oxygen atoms in total. The predicted octanol–water partition coefficient (Wildman–Crippen LogP) is 6.81. The molecule has 0 spiro atoms.